The molecule has 0 bridgehead atoms. The van der Waals surface area contributed by atoms with Crippen molar-refractivity contribution < 1.29 is 29.4 Å². The van der Waals surface area contributed by atoms with Crippen LogP contribution in [0.25, 0.3) is 5.57 Å². The van der Waals surface area contributed by atoms with Crippen molar-refractivity contribution >= 4 is 63.3 Å². The van der Waals surface area contributed by atoms with E-state index in [0.29, 0.717) is 11.3 Å². The Morgan fingerprint density at radius 3 is 2.36 bits per heavy atom. The molecule has 28 heavy (non-hydrogen) atoms. The molecule has 1 aromatic rings. The number of benzene rings is 1. The first kappa shape index (κ1) is 20.0. The van der Waals surface area contributed by atoms with E-state index in [2.05, 4.69) is 0 Å². The average Bonchev–Trinajstić information content (AvgIpc) is 3.03. The van der Waals surface area contributed by atoms with Crippen molar-refractivity contribution in [2.45, 2.75) is 19.9 Å². The summed E-state index contributed by atoms with van der Waals surface area (Å²) in [6, 6.07) is 5.39. The van der Waals surface area contributed by atoms with Gasteiger partial charge in [0.25, 0.3) is 11.8 Å². The normalized spacial score (nSPS) is 20.2. The van der Waals surface area contributed by atoms with Gasteiger partial charge in [0.1, 0.15) is 16.9 Å². The van der Waals surface area contributed by atoms with Gasteiger partial charge in [-0.05, 0) is 12.0 Å². The number of nitrogens with zero attached hydrogens (tertiary/aromatic N) is 2. The number of carboxylic acid groups (broad SMARTS) is 2. The third kappa shape index (κ3) is 3.18. The van der Waals surface area contributed by atoms with Crippen LogP contribution in [0.1, 0.15) is 19.4 Å². The number of carbonyl (C=O) groups excluding carboxylic acids is 2. The molecule has 146 valence electrons. The Morgan fingerprint density at radius 1 is 1.14 bits per heavy atom. The zero-order valence-electron chi connectivity index (χ0n) is 14.9. The van der Waals surface area contributed by atoms with Crippen molar-refractivity contribution in [3.05, 3.63) is 34.7 Å². The summed E-state index contributed by atoms with van der Waals surface area (Å²) in [4.78, 5) is 50.9. The molecule has 2 aliphatic heterocycles. The summed E-state index contributed by atoms with van der Waals surface area (Å²) in [5, 5.41) is 18.6. The van der Waals surface area contributed by atoms with Gasteiger partial charge in [-0.1, -0.05) is 56.0 Å². The number of thioether (sulfide) groups is 1. The first-order valence-electron chi connectivity index (χ1n) is 8.30. The highest BCUT2D eigenvalue weighted by Gasteiger charge is 2.46. The topological polar surface area (TPSA) is 115 Å². The molecule has 0 unspecified atom stereocenters. The first-order chi connectivity index (χ1) is 13.1. The summed E-state index contributed by atoms with van der Waals surface area (Å²) in [6.07, 6.45) is 0. The molecule has 0 spiro atoms. The number of aliphatic carboxylic acids is 2. The van der Waals surface area contributed by atoms with Crippen LogP contribution in [-0.2, 0) is 19.2 Å². The summed E-state index contributed by atoms with van der Waals surface area (Å²) in [5.74, 6) is -4.07. The van der Waals surface area contributed by atoms with Gasteiger partial charge < -0.3 is 10.2 Å². The summed E-state index contributed by atoms with van der Waals surface area (Å²) in [7, 11) is 0. The third-order valence-corrected chi connectivity index (χ3v) is 5.81. The number of carboxylic acids is 2. The number of amides is 2. The Morgan fingerprint density at radius 2 is 1.79 bits per heavy atom. The molecule has 2 aliphatic rings. The molecule has 2 N–H and O–H groups in total. The Kier molecular flexibility index (Phi) is 5.26. The molecule has 0 aromatic heterocycles. The second-order valence-corrected chi connectivity index (χ2v) is 8.22. The van der Waals surface area contributed by atoms with Crippen molar-refractivity contribution in [3.8, 4) is 0 Å². The summed E-state index contributed by atoms with van der Waals surface area (Å²) in [5.41, 5.74) is 0.851. The minimum Gasteiger partial charge on any atom is -0.480 e. The summed E-state index contributed by atoms with van der Waals surface area (Å²) >= 11 is 6.09. The Labute approximate surface area is 169 Å². The fourth-order valence-electron chi connectivity index (χ4n) is 3.26. The monoisotopic (exact) mass is 420 g/mol. The van der Waals surface area contributed by atoms with Gasteiger partial charge in [-0.3, -0.25) is 24.2 Å². The van der Waals surface area contributed by atoms with Crippen LogP contribution in [0.15, 0.2) is 29.2 Å². The van der Waals surface area contributed by atoms with Crippen LogP contribution in [-0.4, -0.2) is 55.8 Å². The van der Waals surface area contributed by atoms with E-state index in [1.54, 1.807) is 38.1 Å². The minimum atomic E-state index is -1.19. The number of para-hydroxylation sites is 1. The quantitative estimate of drug-likeness (QED) is 0.547. The molecule has 0 saturated carbocycles. The van der Waals surface area contributed by atoms with E-state index in [1.165, 1.54) is 0 Å². The Balaban J connectivity index is 2.12. The fourth-order valence-corrected chi connectivity index (χ4v) is 4.66. The standard InChI is InChI=1S/C18H16N2O6S2/c1-8(2)13(17(25)26)20-16(24)14(28-18(20)27)12-9-5-3-4-6-10(9)19(15(12)23)7-11(21)22/h3-6,8,13H,7H2,1-2H3,(H,21,22)(H,25,26)/b14-12-/t13-/m1/s1. The predicted octanol–water partition coefficient (Wildman–Crippen LogP) is 1.80. The summed E-state index contributed by atoms with van der Waals surface area (Å²) < 4.78 is 0.0514. The molecule has 1 atom stereocenters. The molecule has 8 nitrogen and oxygen atoms in total. The molecule has 1 saturated heterocycles. The number of rotatable bonds is 5. The van der Waals surface area contributed by atoms with Crippen molar-refractivity contribution in [1.29, 1.82) is 0 Å². The summed E-state index contributed by atoms with van der Waals surface area (Å²) in [6.45, 7) is 2.77. The largest absolute Gasteiger partial charge is 0.480 e. The number of thiocarbonyl (C=S) groups is 1. The van der Waals surface area contributed by atoms with E-state index < -0.39 is 42.3 Å². The number of carbonyl (C=O) groups is 4. The van der Waals surface area contributed by atoms with Gasteiger partial charge >= 0.3 is 11.9 Å². The number of hydrogen-bond acceptors (Lipinski definition) is 6. The van der Waals surface area contributed by atoms with E-state index in [1.807, 2.05) is 0 Å². The smallest absolute Gasteiger partial charge is 0.327 e. The van der Waals surface area contributed by atoms with Crippen LogP contribution in [0.4, 0.5) is 5.69 Å². The maximum atomic E-state index is 13.0. The average molecular weight is 420 g/mol. The van der Waals surface area contributed by atoms with E-state index in [-0.39, 0.29) is 14.8 Å². The maximum Gasteiger partial charge on any atom is 0.327 e. The van der Waals surface area contributed by atoms with Crippen molar-refractivity contribution in [2.24, 2.45) is 5.92 Å². The van der Waals surface area contributed by atoms with Gasteiger partial charge in [0.2, 0.25) is 0 Å². The molecule has 0 aliphatic carbocycles. The van der Waals surface area contributed by atoms with Crippen LogP contribution in [0.2, 0.25) is 0 Å². The molecule has 2 amide bonds. The lowest BCUT2D eigenvalue weighted by molar-refractivity contribution is -0.146. The van der Waals surface area contributed by atoms with Crippen LogP contribution < -0.4 is 4.90 Å². The molecule has 3 rings (SSSR count). The van der Waals surface area contributed by atoms with E-state index >= 15 is 0 Å². The highest BCUT2D eigenvalue weighted by atomic mass is 32.2. The second kappa shape index (κ2) is 7.36. The van der Waals surface area contributed by atoms with E-state index in [0.717, 1.165) is 21.6 Å². The van der Waals surface area contributed by atoms with Crippen molar-refractivity contribution in [3.63, 3.8) is 0 Å². The minimum absolute atomic E-state index is 0.0160. The highest BCUT2D eigenvalue weighted by molar-refractivity contribution is 8.26. The van der Waals surface area contributed by atoms with Crippen molar-refractivity contribution in [2.75, 3.05) is 11.4 Å². The van der Waals surface area contributed by atoms with Gasteiger partial charge in [-0.25, -0.2) is 4.79 Å². The van der Waals surface area contributed by atoms with Gasteiger partial charge in [0.15, 0.2) is 0 Å². The number of fused-ring (bicyclic) bond motifs is 1. The van der Waals surface area contributed by atoms with Gasteiger partial charge in [-0.2, -0.15) is 0 Å². The molecule has 10 heteroatoms. The lowest BCUT2D eigenvalue weighted by atomic mass is 10.0. The number of anilines is 1. The maximum absolute atomic E-state index is 13.0. The predicted molar refractivity (Wildman–Crippen MR) is 107 cm³/mol. The van der Waals surface area contributed by atoms with Crippen molar-refractivity contribution in [1.82, 2.24) is 4.90 Å². The fraction of sp³-hybridized carbons (Fsp3) is 0.278. The lowest BCUT2D eigenvalue weighted by Gasteiger charge is -2.26. The Bertz CT molecular complexity index is 955. The SMILES string of the molecule is CC(C)[C@H](C(=O)O)N1C(=O)/C(=C2/C(=O)N(CC(=O)O)c3ccccc32)SC1=S. The first-order valence-corrected chi connectivity index (χ1v) is 9.53. The molecular weight excluding hydrogens is 404 g/mol. The molecule has 0 radical (unpaired) electrons. The zero-order chi connectivity index (χ0) is 20.7. The molecule has 1 fully saturated rings. The third-order valence-electron chi connectivity index (χ3n) is 4.41. The zero-order valence-corrected chi connectivity index (χ0v) is 16.5. The molecular formula is C18H16N2O6S2. The Hall–Kier alpha value is -2.72. The van der Waals surface area contributed by atoms with Gasteiger partial charge in [0, 0.05) is 5.56 Å². The molecule has 1 aromatic carbocycles. The van der Waals surface area contributed by atoms with E-state index in [9.17, 15) is 24.3 Å². The van der Waals surface area contributed by atoms with Crippen LogP contribution in [0.5, 0.6) is 0 Å². The van der Waals surface area contributed by atoms with Gasteiger partial charge in [0.05, 0.1) is 16.2 Å². The van der Waals surface area contributed by atoms with Crippen LogP contribution >= 0.6 is 24.0 Å². The van der Waals surface area contributed by atoms with Crippen LogP contribution in [0.3, 0.4) is 0 Å². The van der Waals surface area contributed by atoms with Gasteiger partial charge in [-0.15, -0.1) is 0 Å². The highest BCUT2D eigenvalue weighted by Crippen LogP contribution is 2.45. The van der Waals surface area contributed by atoms with E-state index in [4.69, 9.17) is 17.3 Å². The van der Waals surface area contributed by atoms with Crippen LogP contribution in [0, 0.1) is 5.92 Å². The second-order valence-electron chi connectivity index (χ2n) is 6.58. The lowest BCUT2D eigenvalue weighted by Crippen LogP contribution is -2.47. The molecule has 2 heterocycles. The number of hydrogen-bond donors (Lipinski definition) is 2.